The van der Waals surface area contributed by atoms with E-state index in [-0.39, 0.29) is 5.88 Å². The van der Waals surface area contributed by atoms with Gasteiger partial charge in [-0.25, -0.2) is 0 Å². The van der Waals surface area contributed by atoms with Gasteiger partial charge in [-0.05, 0) is 12.1 Å². The van der Waals surface area contributed by atoms with E-state index < -0.39 is 6.61 Å². The van der Waals surface area contributed by atoms with Crippen LogP contribution in [0.1, 0.15) is 0 Å². The summed E-state index contributed by atoms with van der Waals surface area (Å²) in [5, 5.41) is 0.863. The monoisotopic (exact) mass is 184 g/mol. The normalized spacial score (nSPS) is 11.0. The van der Waals surface area contributed by atoms with Crippen molar-refractivity contribution in [2.75, 3.05) is 0 Å². The van der Waals surface area contributed by atoms with Gasteiger partial charge in [0.2, 0.25) is 5.88 Å². The third-order valence-electron chi connectivity index (χ3n) is 1.59. The van der Waals surface area contributed by atoms with E-state index in [1.54, 1.807) is 18.3 Å². The fraction of sp³-hybridized carbons (Fsp3) is 0.125. The van der Waals surface area contributed by atoms with Gasteiger partial charge in [0.15, 0.2) is 0 Å². The Morgan fingerprint density at radius 3 is 2.92 bits per heavy atom. The van der Waals surface area contributed by atoms with Crippen LogP contribution in [0.4, 0.5) is 8.78 Å². The maximum atomic E-state index is 11.8. The van der Waals surface area contributed by atoms with Crippen molar-refractivity contribution >= 4 is 11.0 Å². The Bertz CT molecular complexity index is 413. The molecule has 2 aromatic heterocycles. The van der Waals surface area contributed by atoms with Gasteiger partial charge in [0.1, 0.15) is 5.65 Å². The van der Waals surface area contributed by atoms with Crippen molar-refractivity contribution in [2.45, 2.75) is 6.61 Å². The van der Waals surface area contributed by atoms with Gasteiger partial charge in [-0.15, -0.1) is 0 Å². The number of alkyl halides is 2. The fourth-order valence-electron chi connectivity index (χ4n) is 1.07. The van der Waals surface area contributed by atoms with E-state index in [0.717, 1.165) is 5.39 Å². The van der Waals surface area contributed by atoms with Gasteiger partial charge in [0.25, 0.3) is 0 Å². The number of aromatic nitrogens is 2. The van der Waals surface area contributed by atoms with Gasteiger partial charge < -0.3 is 9.72 Å². The highest BCUT2D eigenvalue weighted by atomic mass is 19.3. The predicted octanol–water partition coefficient (Wildman–Crippen LogP) is 2.16. The molecule has 0 saturated heterocycles. The van der Waals surface area contributed by atoms with Gasteiger partial charge in [0, 0.05) is 17.6 Å². The summed E-state index contributed by atoms with van der Waals surface area (Å²) in [6, 6.07) is 4.87. The summed E-state index contributed by atoms with van der Waals surface area (Å²) in [5.74, 6) is -0.0787. The summed E-state index contributed by atoms with van der Waals surface area (Å²) in [6.07, 6.45) is 1.68. The van der Waals surface area contributed by atoms with Crippen LogP contribution in [0.5, 0.6) is 5.88 Å². The van der Waals surface area contributed by atoms with Crippen LogP contribution in [0, 0.1) is 0 Å². The Labute approximate surface area is 72.4 Å². The minimum absolute atomic E-state index is 0.0787. The van der Waals surface area contributed by atoms with Crippen molar-refractivity contribution in [3.05, 3.63) is 24.4 Å². The van der Waals surface area contributed by atoms with Crippen molar-refractivity contribution in [3.8, 4) is 5.88 Å². The molecule has 0 spiro atoms. The Kier molecular flexibility index (Phi) is 1.84. The van der Waals surface area contributed by atoms with Gasteiger partial charge in [-0.3, -0.25) is 0 Å². The molecule has 3 nitrogen and oxygen atoms in total. The highest BCUT2D eigenvalue weighted by Crippen LogP contribution is 2.16. The highest BCUT2D eigenvalue weighted by molar-refractivity contribution is 5.75. The summed E-state index contributed by atoms with van der Waals surface area (Å²) < 4.78 is 27.7. The summed E-state index contributed by atoms with van der Waals surface area (Å²) >= 11 is 0. The van der Waals surface area contributed by atoms with Crippen molar-refractivity contribution in [1.29, 1.82) is 0 Å². The number of hydrogen-bond donors (Lipinski definition) is 1. The average molecular weight is 184 g/mol. The van der Waals surface area contributed by atoms with Crippen LogP contribution in [0.15, 0.2) is 24.4 Å². The number of pyridine rings is 1. The molecule has 13 heavy (non-hydrogen) atoms. The zero-order chi connectivity index (χ0) is 9.26. The molecule has 2 aromatic rings. The van der Waals surface area contributed by atoms with E-state index in [9.17, 15) is 8.78 Å². The Balaban J connectivity index is 2.37. The Morgan fingerprint density at radius 1 is 1.31 bits per heavy atom. The lowest BCUT2D eigenvalue weighted by atomic mass is 10.3. The van der Waals surface area contributed by atoms with Crippen LogP contribution in [-0.4, -0.2) is 16.6 Å². The molecule has 0 atom stereocenters. The van der Waals surface area contributed by atoms with E-state index in [4.69, 9.17) is 0 Å². The number of H-pyrrole nitrogens is 1. The molecule has 0 aliphatic carbocycles. The molecule has 0 unspecified atom stereocenters. The van der Waals surface area contributed by atoms with Crippen molar-refractivity contribution in [2.24, 2.45) is 0 Å². The first-order chi connectivity index (χ1) is 6.25. The lowest BCUT2D eigenvalue weighted by Crippen LogP contribution is -2.03. The van der Waals surface area contributed by atoms with Gasteiger partial charge in [0.05, 0.1) is 0 Å². The third-order valence-corrected chi connectivity index (χ3v) is 1.59. The first kappa shape index (κ1) is 7.97. The quantitative estimate of drug-likeness (QED) is 0.776. The van der Waals surface area contributed by atoms with Gasteiger partial charge in [-0.1, -0.05) is 0 Å². The molecule has 0 bridgehead atoms. The number of aromatic amines is 1. The maximum absolute atomic E-state index is 11.8. The first-order valence-corrected chi connectivity index (χ1v) is 3.64. The molecule has 2 heterocycles. The van der Waals surface area contributed by atoms with Crippen LogP contribution in [-0.2, 0) is 0 Å². The zero-order valence-corrected chi connectivity index (χ0v) is 6.50. The number of fused-ring (bicyclic) bond motifs is 1. The second-order valence-corrected chi connectivity index (χ2v) is 2.44. The van der Waals surface area contributed by atoms with E-state index >= 15 is 0 Å². The first-order valence-electron chi connectivity index (χ1n) is 3.64. The molecule has 0 amide bonds. The summed E-state index contributed by atoms with van der Waals surface area (Å²) in [6.45, 7) is -2.83. The maximum Gasteiger partial charge on any atom is 0.388 e. The zero-order valence-electron chi connectivity index (χ0n) is 6.50. The molecular formula is C8H6F2N2O. The van der Waals surface area contributed by atoms with E-state index in [2.05, 4.69) is 14.7 Å². The SMILES string of the molecule is FC(F)Oc1ccc2cc[nH]c2n1. The summed E-state index contributed by atoms with van der Waals surface area (Å²) in [7, 11) is 0. The lowest BCUT2D eigenvalue weighted by molar-refractivity contribution is -0.0526. The van der Waals surface area contributed by atoms with Crippen molar-refractivity contribution in [1.82, 2.24) is 9.97 Å². The predicted molar refractivity (Wildman–Crippen MR) is 42.7 cm³/mol. The number of nitrogens with one attached hydrogen (secondary N) is 1. The fourth-order valence-corrected chi connectivity index (χ4v) is 1.07. The second kappa shape index (κ2) is 3.01. The average Bonchev–Trinajstić information content (AvgIpc) is 2.49. The minimum Gasteiger partial charge on any atom is -0.417 e. The van der Waals surface area contributed by atoms with Crippen molar-refractivity contribution in [3.63, 3.8) is 0 Å². The molecule has 0 fully saturated rings. The molecular weight excluding hydrogens is 178 g/mol. The molecule has 0 aromatic carbocycles. The Morgan fingerprint density at radius 2 is 2.15 bits per heavy atom. The van der Waals surface area contributed by atoms with Crippen LogP contribution in [0.25, 0.3) is 11.0 Å². The second-order valence-electron chi connectivity index (χ2n) is 2.44. The number of nitrogens with zero attached hydrogens (tertiary/aromatic N) is 1. The molecule has 2 rings (SSSR count). The lowest BCUT2D eigenvalue weighted by Gasteiger charge is -2.01. The number of ether oxygens (including phenoxy) is 1. The van der Waals surface area contributed by atoms with E-state index in [0.29, 0.717) is 5.65 Å². The minimum atomic E-state index is -2.83. The summed E-state index contributed by atoms with van der Waals surface area (Å²) in [4.78, 5) is 6.61. The van der Waals surface area contributed by atoms with E-state index in [1.807, 2.05) is 0 Å². The van der Waals surface area contributed by atoms with Crippen LogP contribution < -0.4 is 4.74 Å². The smallest absolute Gasteiger partial charge is 0.388 e. The largest absolute Gasteiger partial charge is 0.417 e. The number of halogens is 2. The highest BCUT2D eigenvalue weighted by Gasteiger charge is 2.05. The van der Waals surface area contributed by atoms with Crippen LogP contribution in [0.2, 0.25) is 0 Å². The Hall–Kier alpha value is -1.65. The van der Waals surface area contributed by atoms with Crippen LogP contribution >= 0.6 is 0 Å². The molecule has 68 valence electrons. The van der Waals surface area contributed by atoms with E-state index in [1.165, 1.54) is 6.07 Å². The van der Waals surface area contributed by atoms with Crippen LogP contribution in [0.3, 0.4) is 0 Å². The third kappa shape index (κ3) is 1.58. The standard InChI is InChI=1S/C8H6F2N2O/c9-8(10)13-6-2-1-5-3-4-11-7(5)12-6/h1-4,8H,(H,11,12). The molecule has 0 saturated carbocycles. The van der Waals surface area contributed by atoms with Crippen molar-refractivity contribution < 1.29 is 13.5 Å². The summed E-state index contributed by atoms with van der Waals surface area (Å²) in [5.41, 5.74) is 0.540. The molecule has 0 aliphatic rings. The number of hydrogen-bond acceptors (Lipinski definition) is 2. The molecule has 5 heteroatoms. The molecule has 1 N–H and O–H groups in total. The molecule has 0 aliphatic heterocycles. The van der Waals surface area contributed by atoms with Gasteiger partial charge in [-0.2, -0.15) is 13.8 Å². The van der Waals surface area contributed by atoms with Gasteiger partial charge >= 0.3 is 6.61 Å². The molecule has 0 radical (unpaired) electrons. The topological polar surface area (TPSA) is 37.9 Å². The number of rotatable bonds is 2.